The first kappa shape index (κ1) is 12.2. The van der Waals surface area contributed by atoms with Crippen LogP contribution in [0.15, 0.2) is 17.5 Å². The van der Waals surface area contributed by atoms with Gasteiger partial charge in [-0.3, -0.25) is 4.79 Å². The molecule has 1 rings (SSSR count). The minimum Gasteiger partial charge on any atom is -0.396 e. The number of amides is 1. The second-order valence-corrected chi connectivity index (χ2v) is 4.06. The topological polar surface area (TPSA) is 58.6 Å². The van der Waals surface area contributed by atoms with Gasteiger partial charge in [-0.1, -0.05) is 6.07 Å². The number of methoxy groups -OCH3 is 1. The van der Waals surface area contributed by atoms with E-state index in [1.54, 1.807) is 13.2 Å². The molecular formula is C10H15NO3S. The van der Waals surface area contributed by atoms with Crippen molar-refractivity contribution in [2.45, 2.75) is 12.5 Å². The molecule has 1 amide bonds. The van der Waals surface area contributed by atoms with Gasteiger partial charge in [-0.15, -0.1) is 11.3 Å². The summed E-state index contributed by atoms with van der Waals surface area (Å²) in [6.45, 7) is 0.455. The standard InChI is InChI=1S/C10H15NO3S/c1-14-7-8(4-5-12)11-10(13)9-3-2-6-15-9/h2-3,6,8,12H,4-5,7H2,1H3,(H,11,13). The maximum absolute atomic E-state index is 11.6. The summed E-state index contributed by atoms with van der Waals surface area (Å²) >= 11 is 1.39. The maximum Gasteiger partial charge on any atom is 0.261 e. The molecule has 0 saturated carbocycles. The Kier molecular flexibility index (Phi) is 5.31. The van der Waals surface area contributed by atoms with Crippen LogP contribution < -0.4 is 5.32 Å². The molecule has 0 fully saturated rings. The van der Waals surface area contributed by atoms with Crippen molar-refractivity contribution in [2.24, 2.45) is 0 Å². The van der Waals surface area contributed by atoms with Gasteiger partial charge in [0, 0.05) is 13.7 Å². The second-order valence-electron chi connectivity index (χ2n) is 3.12. The molecule has 1 unspecified atom stereocenters. The van der Waals surface area contributed by atoms with E-state index < -0.39 is 0 Å². The zero-order chi connectivity index (χ0) is 11.1. The average molecular weight is 229 g/mol. The Morgan fingerprint density at radius 1 is 1.73 bits per heavy atom. The van der Waals surface area contributed by atoms with E-state index in [2.05, 4.69) is 5.32 Å². The highest BCUT2D eigenvalue weighted by Crippen LogP contribution is 2.08. The van der Waals surface area contributed by atoms with Gasteiger partial charge in [0.2, 0.25) is 0 Å². The largest absolute Gasteiger partial charge is 0.396 e. The van der Waals surface area contributed by atoms with Crippen LogP contribution in [-0.4, -0.2) is 37.4 Å². The Bertz CT molecular complexity index is 281. The quantitative estimate of drug-likeness (QED) is 0.761. The van der Waals surface area contributed by atoms with Crippen molar-refractivity contribution in [1.82, 2.24) is 5.32 Å². The monoisotopic (exact) mass is 229 g/mol. The van der Waals surface area contributed by atoms with E-state index in [0.29, 0.717) is 17.9 Å². The number of aliphatic hydroxyl groups is 1. The zero-order valence-corrected chi connectivity index (χ0v) is 9.42. The molecule has 5 heteroatoms. The lowest BCUT2D eigenvalue weighted by molar-refractivity contribution is 0.0882. The van der Waals surface area contributed by atoms with E-state index in [9.17, 15) is 4.79 Å². The highest BCUT2D eigenvalue weighted by molar-refractivity contribution is 7.12. The van der Waals surface area contributed by atoms with Gasteiger partial charge in [-0.2, -0.15) is 0 Å². The van der Waals surface area contributed by atoms with Crippen molar-refractivity contribution in [1.29, 1.82) is 0 Å². The van der Waals surface area contributed by atoms with Gasteiger partial charge in [-0.05, 0) is 17.9 Å². The fourth-order valence-electron chi connectivity index (χ4n) is 1.22. The first-order chi connectivity index (χ1) is 7.27. The predicted molar refractivity (Wildman–Crippen MR) is 59.2 cm³/mol. The number of nitrogens with one attached hydrogen (secondary N) is 1. The van der Waals surface area contributed by atoms with Crippen LogP contribution >= 0.6 is 11.3 Å². The second kappa shape index (κ2) is 6.55. The third-order valence-electron chi connectivity index (χ3n) is 1.93. The normalized spacial score (nSPS) is 12.4. The Morgan fingerprint density at radius 2 is 2.53 bits per heavy atom. The molecular weight excluding hydrogens is 214 g/mol. The van der Waals surface area contributed by atoms with Crippen LogP contribution in [0.4, 0.5) is 0 Å². The number of carbonyl (C=O) groups is 1. The Balaban J connectivity index is 2.47. The van der Waals surface area contributed by atoms with E-state index in [1.807, 2.05) is 11.4 Å². The molecule has 15 heavy (non-hydrogen) atoms. The van der Waals surface area contributed by atoms with Crippen molar-refractivity contribution in [3.63, 3.8) is 0 Å². The van der Waals surface area contributed by atoms with Crippen LogP contribution in [0, 0.1) is 0 Å². The molecule has 1 aromatic rings. The smallest absolute Gasteiger partial charge is 0.261 e. The summed E-state index contributed by atoms with van der Waals surface area (Å²) in [6, 6.07) is 3.47. The van der Waals surface area contributed by atoms with Gasteiger partial charge in [-0.25, -0.2) is 0 Å². The molecule has 0 saturated heterocycles. The van der Waals surface area contributed by atoms with E-state index in [1.165, 1.54) is 11.3 Å². The summed E-state index contributed by atoms with van der Waals surface area (Å²) in [5, 5.41) is 13.5. The number of ether oxygens (including phenoxy) is 1. The molecule has 2 N–H and O–H groups in total. The molecule has 0 aromatic carbocycles. The summed E-state index contributed by atoms with van der Waals surface area (Å²) in [5.74, 6) is -0.111. The number of thiophene rings is 1. The Labute approximate surface area is 92.9 Å². The summed E-state index contributed by atoms with van der Waals surface area (Å²) in [5.41, 5.74) is 0. The maximum atomic E-state index is 11.6. The molecule has 0 aliphatic carbocycles. The molecule has 4 nitrogen and oxygen atoms in total. The lowest BCUT2D eigenvalue weighted by Crippen LogP contribution is -2.38. The zero-order valence-electron chi connectivity index (χ0n) is 8.60. The molecule has 0 spiro atoms. The molecule has 0 aliphatic heterocycles. The van der Waals surface area contributed by atoms with Crippen LogP contribution in [0.2, 0.25) is 0 Å². The number of hydrogen-bond acceptors (Lipinski definition) is 4. The van der Waals surface area contributed by atoms with Crippen LogP contribution in [0.25, 0.3) is 0 Å². The molecule has 84 valence electrons. The van der Waals surface area contributed by atoms with Gasteiger partial charge < -0.3 is 15.2 Å². The van der Waals surface area contributed by atoms with Gasteiger partial charge in [0.15, 0.2) is 0 Å². The van der Waals surface area contributed by atoms with Crippen LogP contribution in [0.1, 0.15) is 16.1 Å². The van der Waals surface area contributed by atoms with Crippen molar-refractivity contribution in [2.75, 3.05) is 20.3 Å². The van der Waals surface area contributed by atoms with Gasteiger partial charge >= 0.3 is 0 Å². The molecule has 1 heterocycles. The van der Waals surface area contributed by atoms with Crippen LogP contribution in [-0.2, 0) is 4.74 Å². The third-order valence-corrected chi connectivity index (χ3v) is 2.79. The molecule has 0 aliphatic rings. The summed E-state index contributed by atoms with van der Waals surface area (Å²) in [4.78, 5) is 12.3. The third kappa shape index (κ3) is 3.99. The first-order valence-electron chi connectivity index (χ1n) is 4.72. The van der Waals surface area contributed by atoms with E-state index in [-0.39, 0.29) is 18.6 Å². The lowest BCUT2D eigenvalue weighted by Gasteiger charge is -2.15. The van der Waals surface area contributed by atoms with Gasteiger partial charge in [0.05, 0.1) is 17.5 Å². The van der Waals surface area contributed by atoms with Crippen molar-refractivity contribution >= 4 is 17.2 Å². The minimum atomic E-state index is -0.130. The predicted octanol–water partition coefficient (Wildman–Crippen LogP) is 0.875. The number of hydrogen-bond donors (Lipinski definition) is 2. The van der Waals surface area contributed by atoms with Crippen LogP contribution in [0.3, 0.4) is 0 Å². The number of rotatable bonds is 6. The lowest BCUT2D eigenvalue weighted by atomic mass is 10.2. The van der Waals surface area contributed by atoms with Gasteiger partial charge in [0.1, 0.15) is 0 Å². The summed E-state index contributed by atoms with van der Waals surface area (Å²) < 4.78 is 4.95. The Hall–Kier alpha value is -0.910. The number of aliphatic hydroxyl groups excluding tert-OH is 1. The summed E-state index contributed by atoms with van der Waals surface area (Å²) in [6.07, 6.45) is 0.505. The van der Waals surface area contributed by atoms with Crippen molar-refractivity contribution in [3.8, 4) is 0 Å². The fourth-order valence-corrected chi connectivity index (χ4v) is 1.85. The Morgan fingerprint density at radius 3 is 3.07 bits per heavy atom. The van der Waals surface area contributed by atoms with E-state index in [0.717, 1.165) is 0 Å². The molecule has 0 radical (unpaired) electrons. The average Bonchev–Trinajstić information content (AvgIpc) is 2.71. The molecule has 1 atom stereocenters. The highest BCUT2D eigenvalue weighted by Gasteiger charge is 2.13. The molecule has 1 aromatic heterocycles. The van der Waals surface area contributed by atoms with Crippen LogP contribution in [0.5, 0.6) is 0 Å². The minimum absolute atomic E-state index is 0.0404. The van der Waals surface area contributed by atoms with Crippen molar-refractivity contribution < 1.29 is 14.6 Å². The summed E-state index contributed by atoms with van der Waals surface area (Å²) in [7, 11) is 1.57. The van der Waals surface area contributed by atoms with Crippen molar-refractivity contribution in [3.05, 3.63) is 22.4 Å². The molecule has 0 bridgehead atoms. The highest BCUT2D eigenvalue weighted by atomic mass is 32.1. The SMILES string of the molecule is COCC(CCO)NC(=O)c1cccs1. The van der Waals surface area contributed by atoms with Gasteiger partial charge in [0.25, 0.3) is 5.91 Å². The fraction of sp³-hybridized carbons (Fsp3) is 0.500. The number of carbonyl (C=O) groups excluding carboxylic acids is 1. The van der Waals surface area contributed by atoms with E-state index in [4.69, 9.17) is 9.84 Å². The first-order valence-corrected chi connectivity index (χ1v) is 5.60. The van der Waals surface area contributed by atoms with E-state index >= 15 is 0 Å².